The fraction of sp³-hybridized carbons (Fsp3) is 0.917. The summed E-state index contributed by atoms with van der Waals surface area (Å²) in [5.41, 5.74) is 0. The molecule has 0 aromatic carbocycles. The Morgan fingerprint density at radius 1 is 1.19 bits per heavy atom. The van der Waals surface area contributed by atoms with Crippen LogP contribution in [0.3, 0.4) is 0 Å². The molecule has 0 aliphatic carbocycles. The van der Waals surface area contributed by atoms with Gasteiger partial charge < -0.3 is 14.7 Å². The molecule has 2 fully saturated rings. The number of likely N-dealkylation sites (N-methyl/N-ethyl adjacent to an activating group) is 1. The van der Waals surface area contributed by atoms with Gasteiger partial charge >= 0.3 is 0 Å². The van der Waals surface area contributed by atoms with Gasteiger partial charge in [0.1, 0.15) is 0 Å². The van der Waals surface area contributed by atoms with Crippen LogP contribution in [0.5, 0.6) is 0 Å². The van der Waals surface area contributed by atoms with E-state index in [9.17, 15) is 4.79 Å². The highest BCUT2D eigenvalue weighted by molar-refractivity contribution is 5.79. The number of hydrogen-bond donors (Lipinski definition) is 0. The van der Waals surface area contributed by atoms with Crippen molar-refractivity contribution < 1.29 is 4.79 Å². The van der Waals surface area contributed by atoms with E-state index >= 15 is 0 Å². The molecule has 4 nitrogen and oxygen atoms in total. The summed E-state index contributed by atoms with van der Waals surface area (Å²) in [6.07, 6.45) is 2.17. The standard InChI is InChI=1S/C12H23N3O/c1-13(2)11-5-7-15(9-11)12(16)10-4-6-14(3)8-10/h10-11H,4-9H2,1-3H3/t10-,11?/m1/s1. The molecule has 2 heterocycles. The van der Waals surface area contributed by atoms with Crippen LogP contribution < -0.4 is 0 Å². The Labute approximate surface area is 98.2 Å². The predicted octanol–water partition coefficient (Wildman–Crippen LogP) is 0.101. The highest BCUT2D eigenvalue weighted by atomic mass is 16.2. The van der Waals surface area contributed by atoms with E-state index in [-0.39, 0.29) is 5.92 Å². The molecular weight excluding hydrogens is 202 g/mol. The van der Waals surface area contributed by atoms with Gasteiger partial charge in [0.05, 0.1) is 5.92 Å². The van der Waals surface area contributed by atoms with Gasteiger partial charge in [-0.2, -0.15) is 0 Å². The van der Waals surface area contributed by atoms with Crippen molar-refractivity contribution in [2.45, 2.75) is 18.9 Å². The first-order chi connectivity index (χ1) is 7.58. The van der Waals surface area contributed by atoms with Gasteiger partial charge in [0.2, 0.25) is 5.91 Å². The second-order valence-electron chi connectivity index (χ2n) is 5.44. The monoisotopic (exact) mass is 225 g/mol. The molecule has 16 heavy (non-hydrogen) atoms. The number of carbonyl (C=O) groups excluding carboxylic acids is 1. The van der Waals surface area contributed by atoms with Crippen molar-refractivity contribution in [1.29, 1.82) is 0 Å². The lowest BCUT2D eigenvalue weighted by Gasteiger charge is -2.22. The van der Waals surface area contributed by atoms with Crippen LogP contribution in [0.2, 0.25) is 0 Å². The summed E-state index contributed by atoms with van der Waals surface area (Å²) in [6, 6.07) is 0.558. The van der Waals surface area contributed by atoms with Crippen LogP contribution in [0, 0.1) is 5.92 Å². The zero-order chi connectivity index (χ0) is 11.7. The van der Waals surface area contributed by atoms with E-state index in [2.05, 4.69) is 35.8 Å². The molecule has 0 saturated carbocycles. The maximum Gasteiger partial charge on any atom is 0.227 e. The van der Waals surface area contributed by atoms with Gasteiger partial charge in [-0.1, -0.05) is 0 Å². The van der Waals surface area contributed by atoms with Crippen LogP contribution in [0.25, 0.3) is 0 Å². The van der Waals surface area contributed by atoms with Gasteiger partial charge in [-0.25, -0.2) is 0 Å². The van der Waals surface area contributed by atoms with Crippen LogP contribution >= 0.6 is 0 Å². The first kappa shape index (κ1) is 11.9. The second-order valence-corrected chi connectivity index (χ2v) is 5.44. The normalized spacial score (nSPS) is 31.6. The molecule has 2 saturated heterocycles. The topological polar surface area (TPSA) is 26.8 Å². The quantitative estimate of drug-likeness (QED) is 0.667. The van der Waals surface area contributed by atoms with Crippen molar-refractivity contribution in [3.8, 4) is 0 Å². The molecule has 4 heteroatoms. The van der Waals surface area contributed by atoms with Crippen molar-refractivity contribution in [1.82, 2.24) is 14.7 Å². The lowest BCUT2D eigenvalue weighted by atomic mass is 10.1. The first-order valence-electron chi connectivity index (χ1n) is 6.21. The van der Waals surface area contributed by atoms with E-state index in [1.54, 1.807) is 0 Å². The summed E-state index contributed by atoms with van der Waals surface area (Å²) >= 11 is 0. The largest absolute Gasteiger partial charge is 0.341 e. The average molecular weight is 225 g/mol. The van der Waals surface area contributed by atoms with Gasteiger partial charge in [-0.05, 0) is 40.5 Å². The Balaban J connectivity index is 1.87. The fourth-order valence-electron chi connectivity index (χ4n) is 2.76. The number of carbonyl (C=O) groups is 1. The molecule has 2 aliphatic heterocycles. The lowest BCUT2D eigenvalue weighted by molar-refractivity contribution is -0.134. The Bertz CT molecular complexity index is 267. The van der Waals surface area contributed by atoms with Crippen LogP contribution in [0.1, 0.15) is 12.8 Å². The van der Waals surface area contributed by atoms with Gasteiger partial charge in [0, 0.05) is 25.7 Å². The minimum Gasteiger partial charge on any atom is -0.341 e. The number of hydrogen-bond acceptors (Lipinski definition) is 3. The predicted molar refractivity (Wildman–Crippen MR) is 64.3 cm³/mol. The molecule has 2 rings (SSSR count). The van der Waals surface area contributed by atoms with Crippen LogP contribution in [-0.4, -0.2) is 74.0 Å². The third kappa shape index (κ3) is 2.38. The third-order valence-corrected chi connectivity index (χ3v) is 3.95. The Morgan fingerprint density at radius 3 is 2.44 bits per heavy atom. The molecular formula is C12H23N3O. The molecule has 2 atom stereocenters. The molecule has 1 unspecified atom stereocenters. The van der Waals surface area contributed by atoms with E-state index in [0.29, 0.717) is 11.9 Å². The number of rotatable bonds is 2. The fourth-order valence-corrected chi connectivity index (χ4v) is 2.76. The molecule has 0 spiro atoms. The van der Waals surface area contributed by atoms with Gasteiger partial charge in [-0.15, -0.1) is 0 Å². The highest BCUT2D eigenvalue weighted by Gasteiger charge is 2.34. The summed E-state index contributed by atoms with van der Waals surface area (Å²) in [5.74, 6) is 0.639. The van der Waals surface area contributed by atoms with Gasteiger partial charge in [0.15, 0.2) is 0 Å². The third-order valence-electron chi connectivity index (χ3n) is 3.95. The van der Waals surface area contributed by atoms with Gasteiger partial charge in [-0.3, -0.25) is 4.79 Å². The Kier molecular flexibility index (Phi) is 3.50. The van der Waals surface area contributed by atoms with E-state index in [0.717, 1.165) is 39.0 Å². The Hall–Kier alpha value is -0.610. The summed E-state index contributed by atoms with van der Waals surface area (Å²) in [5, 5.41) is 0. The highest BCUT2D eigenvalue weighted by Crippen LogP contribution is 2.21. The summed E-state index contributed by atoms with van der Waals surface area (Å²) in [4.78, 5) is 18.8. The molecule has 0 N–H and O–H groups in total. The van der Waals surface area contributed by atoms with E-state index < -0.39 is 0 Å². The summed E-state index contributed by atoms with van der Waals surface area (Å²) in [7, 11) is 6.30. The number of nitrogens with zero attached hydrogens (tertiary/aromatic N) is 3. The maximum absolute atomic E-state index is 12.2. The van der Waals surface area contributed by atoms with Crippen molar-refractivity contribution in [3.05, 3.63) is 0 Å². The minimum atomic E-state index is 0.255. The smallest absolute Gasteiger partial charge is 0.227 e. The average Bonchev–Trinajstić information content (AvgIpc) is 2.84. The number of amides is 1. The summed E-state index contributed by atoms with van der Waals surface area (Å²) < 4.78 is 0. The molecule has 2 aliphatic rings. The van der Waals surface area contributed by atoms with Crippen LogP contribution in [0.4, 0.5) is 0 Å². The molecule has 0 radical (unpaired) electrons. The zero-order valence-corrected chi connectivity index (χ0v) is 10.6. The zero-order valence-electron chi connectivity index (χ0n) is 10.6. The van der Waals surface area contributed by atoms with Crippen molar-refractivity contribution in [2.75, 3.05) is 47.3 Å². The molecule has 0 bridgehead atoms. The summed E-state index contributed by atoms with van der Waals surface area (Å²) in [6.45, 7) is 3.89. The van der Waals surface area contributed by atoms with Gasteiger partial charge in [0.25, 0.3) is 0 Å². The van der Waals surface area contributed by atoms with E-state index in [4.69, 9.17) is 0 Å². The van der Waals surface area contributed by atoms with E-state index in [1.165, 1.54) is 0 Å². The molecule has 92 valence electrons. The Morgan fingerprint density at radius 2 is 1.94 bits per heavy atom. The van der Waals surface area contributed by atoms with Crippen molar-refractivity contribution >= 4 is 5.91 Å². The molecule has 0 aromatic rings. The second kappa shape index (κ2) is 4.72. The first-order valence-corrected chi connectivity index (χ1v) is 6.21. The SMILES string of the molecule is CN1CC[C@@H](C(=O)N2CCC(N(C)C)C2)C1. The van der Waals surface area contributed by atoms with Crippen LogP contribution in [0.15, 0.2) is 0 Å². The number of likely N-dealkylation sites (tertiary alicyclic amines) is 2. The lowest BCUT2D eigenvalue weighted by Crippen LogP contribution is -2.38. The van der Waals surface area contributed by atoms with Crippen LogP contribution in [-0.2, 0) is 4.79 Å². The molecule has 0 aromatic heterocycles. The van der Waals surface area contributed by atoms with Crippen molar-refractivity contribution in [3.63, 3.8) is 0 Å². The molecule has 1 amide bonds. The van der Waals surface area contributed by atoms with Crippen molar-refractivity contribution in [2.24, 2.45) is 5.92 Å². The minimum absolute atomic E-state index is 0.255. The maximum atomic E-state index is 12.2. The van der Waals surface area contributed by atoms with E-state index in [1.807, 2.05) is 0 Å².